The molecule has 2 aromatic carbocycles. The normalized spacial score (nSPS) is 15.6. The van der Waals surface area contributed by atoms with Crippen LogP contribution in [0.3, 0.4) is 0 Å². The summed E-state index contributed by atoms with van der Waals surface area (Å²) in [6, 6.07) is 17.5. The van der Waals surface area contributed by atoms with Crippen LogP contribution in [0.2, 0.25) is 0 Å². The Hall–Kier alpha value is -2.99. The molecule has 142 valence electrons. The van der Waals surface area contributed by atoms with Crippen LogP contribution in [0.4, 0.5) is 5.13 Å². The maximum absolute atomic E-state index is 11.9. The Morgan fingerprint density at radius 1 is 1.11 bits per heavy atom. The highest BCUT2D eigenvalue weighted by atomic mass is 32.1. The van der Waals surface area contributed by atoms with E-state index in [1.54, 1.807) is 11.8 Å². The number of nitrogens with zero attached hydrogens (tertiary/aromatic N) is 3. The second kappa shape index (κ2) is 8.35. The summed E-state index contributed by atoms with van der Waals surface area (Å²) in [6.45, 7) is 2.32. The molecule has 1 fully saturated rings. The molecule has 1 aliphatic rings. The van der Waals surface area contributed by atoms with E-state index in [2.05, 4.69) is 9.98 Å². The molecular weight excluding hydrogens is 370 g/mol. The number of amides is 1. The zero-order chi connectivity index (χ0) is 19.3. The molecule has 0 unspecified atom stereocenters. The zero-order valence-corrected chi connectivity index (χ0v) is 16.5. The third kappa shape index (κ3) is 4.12. The van der Waals surface area contributed by atoms with Gasteiger partial charge in [0, 0.05) is 30.8 Å². The lowest BCUT2D eigenvalue weighted by Gasteiger charge is -2.26. The molecule has 4 rings (SSSR count). The minimum Gasteiger partial charge on any atom is -0.457 e. The number of piperidine rings is 1. The van der Waals surface area contributed by atoms with E-state index in [4.69, 9.17) is 4.74 Å². The van der Waals surface area contributed by atoms with Crippen molar-refractivity contribution >= 4 is 28.2 Å². The van der Waals surface area contributed by atoms with Crippen molar-refractivity contribution in [2.45, 2.75) is 26.2 Å². The molecule has 1 saturated heterocycles. The average Bonchev–Trinajstić information content (AvgIpc) is 3.18. The van der Waals surface area contributed by atoms with Crippen molar-refractivity contribution in [3.63, 3.8) is 0 Å². The summed E-state index contributed by atoms with van der Waals surface area (Å²) in [6.07, 6.45) is 2.88. The van der Waals surface area contributed by atoms with E-state index < -0.39 is 0 Å². The van der Waals surface area contributed by atoms with E-state index in [0.717, 1.165) is 54.4 Å². The van der Waals surface area contributed by atoms with Gasteiger partial charge in [-0.2, -0.15) is 0 Å². The highest BCUT2D eigenvalue weighted by Crippen LogP contribution is 2.35. The van der Waals surface area contributed by atoms with Gasteiger partial charge in [-0.3, -0.25) is 4.79 Å². The van der Waals surface area contributed by atoms with Crippen molar-refractivity contribution in [2.75, 3.05) is 6.54 Å². The number of benzene rings is 2. The summed E-state index contributed by atoms with van der Waals surface area (Å²) in [5, 5.41) is 2.64. The van der Waals surface area contributed by atoms with Crippen LogP contribution in [0.1, 0.15) is 26.2 Å². The van der Waals surface area contributed by atoms with E-state index >= 15 is 0 Å². The van der Waals surface area contributed by atoms with Crippen LogP contribution in [-0.4, -0.2) is 28.2 Å². The number of aliphatic imine (C=N–C) groups is 1. The molecule has 0 aliphatic carbocycles. The second-order valence-electron chi connectivity index (χ2n) is 6.58. The fourth-order valence-corrected chi connectivity index (χ4v) is 3.91. The first-order valence-corrected chi connectivity index (χ1v) is 10.2. The van der Waals surface area contributed by atoms with Crippen LogP contribution < -0.4 is 4.74 Å². The second-order valence-corrected chi connectivity index (χ2v) is 7.42. The molecule has 0 N–H and O–H groups in total. The quantitative estimate of drug-likeness (QED) is 0.576. The number of ether oxygens (including phenoxy) is 1. The van der Waals surface area contributed by atoms with Gasteiger partial charge in [0.1, 0.15) is 17.3 Å². The highest BCUT2D eigenvalue weighted by molar-refractivity contribution is 7.13. The summed E-state index contributed by atoms with van der Waals surface area (Å²) in [5.41, 5.74) is 1.74. The fourth-order valence-electron chi connectivity index (χ4n) is 3.20. The van der Waals surface area contributed by atoms with E-state index in [9.17, 15) is 4.79 Å². The van der Waals surface area contributed by atoms with Gasteiger partial charge in [-0.1, -0.05) is 30.3 Å². The van der Waals surface area contributed by atoms with Gasteiger partial charge in [-0.25, -0.2) is 9.98 Å². The summed E-state index contributed by atoms with van der Waals surface area (Å²) in [5.74, 6) is 2.39. The molecular formula is C22H21N3O2S. The van der Waals surface area contributed by atoms with Crippen molar-refractivity contribution in [2.24, 2.45) is 4.99 Å². The topological polar surface area (TPSA) is 54.8 Å². The highest BCUT2D eigenvalue weighted by Gasteiger charge is 2.20. The maximum Gasteiger partial charge on any atom is 0.224 e. The van der Waals surface area contributed by atoms with E-state index in [0.29, 0.717) is 5.13 Å². The molecule has 28 heavy (non-hydrogen) atoms. The van der Waals surface area contributed by atoms with Gasteiger partial charge >= 0.3 is 0 Å². The number of hydrogen-bond acceptors (Lipinski definition) is 5. The zero-order valence-electron chi connectivity index (χ0n) is 15.7. The van der Waals surface area contributed by atoms with Gasteiger partial charge in [0.2, 0.25) is 11.0 Å². The smallest absolute Gasteiger partial charge is 0.224 e. The van der Waals surface area contributed by atoms with E-state index in [1.807, 2.05) is 60.0 Å². The molecule has 6 heteroatoms. The third-order valence-corrected chi connectivity index (χ3v) is 5.31. The molecule has 1 aromatic heterocycles. The molecule has 0 radical (unpaired) electrons. The first-order valence-electron chi connectivity index (χ1n) is 9.34. The number of amidine groups is 1. The monoisotopic (exact) mass is 391 g/mol. The Morgan fingerprint density at radius 2 is 1.89 bits per heavy atom. The number of carbonyl (C=O) groups is 1. The Morgan fingerprint density at radius 3 is 2.71 bits per heavy atom. The number of hydrogen-bond donors (Lipinski definition) is 0. The van der Waals surface area contributed by atoms with Crippen molar-refractivity contribution in [1.29, 1.82) is 0 Å². The predicted octanol–water partition coefficient (Wildman–Crippen LogP) is 5.66. The van der Waals surface area contributed by atoms with Crippen LogP contribution in [-0.2, 0) is 4.79 Å². The SMILES string of the molecule is CC(=O)N1CCCCC1=Nc1nc(-c2ccccc2Oc2ccccc2)cs1. The van der Waals surface area contributed by atoms with Crippen LogP contribution in [0.15, 0.2) is 65.0 Å². The molecule has 2 heterocycles. The summed E-state index contributed by atoms with van der Waals surface area (Å²) < 4.78 is 6.05. The first kappa shape index (κ1) is 18.4. The minimum absolute atomic E-state index is 0.0387. The average molecular weight is 391 g/mol. The van der Waals surface area contributed by atoms with Gasteiger partial charge in [-0.15, -0.1) is 11.3 Å². The number of likely N-dealkylation sites (tertiary alicyclic amines) is 1. The minimum atomic E-state index is 0.0387. The Balaban J connectivity index is 1.61. The number of rotatable bonds is 4. The van der Waals surface area contributed by atoms with Gasteiger partial charge in [0.05, 0.1) is 5.69 Å². The summed E-state index contributed by atoms with van der Waals surface area (Å²) in [7, 11) is 0. The summed E-state index contributed by atoms with van der Waals surface area (Å²) in [4.78, 5) is 23.0. The van der Waals surface area contributed by atoms with Gasteiger partial charge in [0.15, 0.2) is 0 Å². The number of thiazole rings is 1. The maximum atomic E-state index is 11.9. The third-order valence-electron chi connectivity index (χ3n) is 4.57. The van der Waals surface area contributed by atoms with E-state index in [-0.39, 0.29) is 5.91 Å². The number of carbonyl (C=O) groups excluding carboxylic acids is 1. The largest absolute Gasteiger partial charge is 0.457 e. The van der Waals surface area contributed by atoms with Crippen molar-refractivity contribution in [3.8, 4) is 22.8 Å². The lowest BCUT2D eigenvalue weighted by atomic mass is 10.1. The van der Waals surface area contributed by atoms with Gasteiger partial charge in [-0.05, 0) is 37.1 Å². The molecule has 0 atom stereocenters. The number of aromatic nitrogens is 1. The van der Waals surface area contributed by atoms with Crippen LogP contribution in [0.25, 0.3) is 11.3 Å². The Labute approximate surface area is 168 Å². The molecule has 1 aliphatic heterocycles. The molecule has 1 amide bonds. The van der Waals surface area contributed by atoms with Crippen molar-refractivity contribution in [3.05, 3.63) is 60.0 Å². The number of para-hydroxylation sites is 2. The standard InChI is InChI=1S/C22H21N3O2S/c1-16(26)25-14-8-7-13-21(25)24-22-23-19(15-28-22)18-11-5-6-12-20(18)27-17-9-3-2-4-10-17/h2-6,9-12,15H,7-8,13-14H2,1H3. The van der Waals surface area contributed by atoms with Crippen LogP contribution in [0, 0.1) is 0 Å². The van der Waals surface area contributed by atoms with Crippen molar-refractivity contribution < 1.29 is 9.53 Å². The van der Waals surface area contributed by atoms with E-state index in [1.165, 1.54) is 11.3 Å². The van der Waals surface area contributed by atoms with Crippen LogP contribution >= 0.6 is 11.3 Å². The van der Waals surface area contributed by atoms with Gasteiger partial charge in [0.25, 0.3) is 0 Å². The van der Waals surface area contributed by atoms with Crippen LogP contribution in [0.5, 0.6) is 11.5 Å². The van der Waals surface area contributed by atoms with Gasteiger partial charge < -0.3 is 9.64 Å². The predicted molar refractivity (Wildman–Crippen MR) is 112 cm³/mol. The lowest BCUT2D eigenvalue weighted by Crippen LogP contribution is -2.38. The molecule has 0 saturated carbocycles. The first-order chi connectivity index (χ1) is 13.7. The molecule has 5 nitrogen and oxygen atoms in total. The Bertz CT molecular complexity index is 998. The lowest BCUT2D eigenvalue weighted by molar-refractivity contribution is -0.125. The molecule has 3 aromatic rings. The molecule has 0 bridgehead atoms. The summed E-state index contributed by atoms with van der Waals surface area (Å²) >= 11 is 1.47. The fraction of sp³-hybridized carbons (Fsp3) is 0.227. The molecule has 0 spiro atoms. The van der Waals surface area contributed by atoms with Crippen molar-refractivity contribution in [1.82, 2.24) is 9.88 Å². The Kier molecular flexibility index (Phi) is 5.48.